The standard InChI is InChI=1S/C23H18BrN3O2/c24-20-12-17(16-6-2-1-3-7-16)10-11-22(20)29-15-23(28)27-26-14-18-13-25-21-9-5-4-8-19(18)21/h1-14,25H,15H2,(H,27,28)/b26-14+. The third kappa shape index (κ3) is 4.55. The molecule has 1 aromatic heterocycles. The molecule has 4 rings (SSSR count). The number of hydrogen-bond acceptors (Lipinski definition) is 3. The number of nitrogens with one attached hydrogen (secondary N) is 2. The SMILES string of the molecule is O=C(COc1ccc(-c2ccccc2)cc1Br)N/N=C/c1c[nH]c2ccccc12. The average molecular weight is 448 g/mol. The Morgan fingerprint density at radius 2 is 1.83 bits per heavy atom. The highest BCUT2D eigenvalue weighted by Crippen LogP contribution is 2.30. The minimum atomic E-state index is -0.333. The number of hydrazone groups is 1. The second kappa shape index (κ2) is 8.75. The van der Waals surface area contributed by atoms with E-state index in [2.05, 4.69) is 31.4 Å². The number of rotatable bonds is 6. The van der Waals surface area contributed by atoms with Gasteiger partial charge in [0.1, 0.15) is 5.75 Å². The van der Waals surface area contributed by atoms with Crippen molar-refractivity contribution in [2.75, 3.05) is 6.61 Å². The van der Waals surface area contributed by atoms with Crippen LogP contribution in [0, 0.1) is 0 Å². The number of ether oxygens (including phenoxy) is 1. The maximum Gasteiger partial charge on any atom is 0.277 e. The Hall–Kier alpha value is -3.38. The molecule has 0 unspecified atom stereocenters. The lowest BCUT2D eigenvalue weighted by Crippen LogP contribution is -2.24. The molecule has 6 heteroatoms. The first-order valence-corrected chi connectivity index (χ1v) is 9.86. The number of amides is 1. The summed E-state index contributed by atoms with van der Waals surface area (Å²) in [5.74, 6) is 0.264. The first-order valence-electron chi connectivity index (χ1n) is 9.06. The van der Waals surface area contributed by atoms with Crippen LogP contribution in [0.1, 0.15) is 5.56 Å². The van der Waals surface area contributed by atoms with Gasteiger partial charge in [0.25, 0.3) is 5.91 Å². The van der Waals surface area contributed by atoms with Gasteiger partial charge in [-0.05, 0) is 45.3 Å². The van der Waals surface area contributed by atoms with Crippen molar-refractivity contribution in [3.05, 3.63) is 89.0 Å². The van der Waals surface area contributed by atoms with E-state index in [9.17, 15) is 4.79 Å². The highest BCUT2D eigenvalue weighted by molar-refractivity contribution is 9.10. The topological polar surface area (TPSA) is 66.5 Å². The molecule has 29 heavy (non-hydrogen) atoms. The Bertz CT molecular complexity index is 1170. The summed E-state index contributed by atoms with van der Waals surface area (Å²) in [5, 5.41) is 5.06. The minimum absolute atomic E-state index is 0.130. The van der Waals surface area contributed by atoms with E-state index in [0.717, 1.165) is 32.1 Å². The number of hydrogen-bond donors (Lipinski definition) is 2. The Morgan fingerprint density at radius 1 is 1.03 bits per heavy atom. The lowest BCUT2D eigenvalue weighted by atomic mass is 10.1. The van der Waals surface area contributed by atoms with E-state index >= 15 is 0 Å². The van der Waals surface area contributed by atoms with Crippen molar-refractivity contribution < 1.29 is 9.53 Å². The number of fused-ring (bicyclic) bond motifs is 1. The lowest BCUT2D eigenvalue weighted by Gasteiger charge is -2.09. The van der Waals surface area contributed by atoms with E-state index in [1.165, 1.54) is 0 Å². The van der Waals surface area contributed by atoms with Crippen LogP contribution in [-0.4, -0.2) is 23.7 Å². The average Bonchev–Trinajstić information content (AvgIpc) is 3.17. The number of halogens is 1. The van der Waals surface area contributed by atoms with Crippen molar-refractivity contribution in [1.29, 1.82) is 0 Å². The second-order valence-electron chi connectivity index (χ2n) is 6.38. The first kappa shape index (κ1) is 19.0. The van der Waals surface area contributed by atoms with E-state index in [4.69, 9.17) is 4.74 Å². The molecule has 0 saturated carbocycles. The van der Waals surface area contributed by atoms with Crippen molar-refractivity contribution in [2.45, 2.75) is 0 Å². The summed E-state index contributed by atoms with van der Waals surface area (Å²) in [6, 6.07) is 23.7. The summed E-state index contributed by atoms with van der Waals surface area (Å²) < 4.78 is 6.39. The van der Waals surface area contributed by atoms with E-state index in [1.807, 2.05) is 79.0 Å². The van der Waals surface area contributed by atoms with Crippen LogP contribution in [0.5, 0.6) is 5.75 Å². The molecule has 1 amide bonds. The normalized spacial score (nSPS) is 11.1. The summed E-state index contributed by atoms with van der Waals surface area (Å²) in [5.41, 5.74) is 6.60. The van der Waals surface area contributed by atoms with Gasteiger partial charge in [-0.2, -0.15) is 5.10 Å². The van der Waals surface area contributed by atoms with Crippen LogP contribution in [0.15, 0.2) is 88.6 Å². The number of carbonyl (C=O) groups excluding carboxylic acids is 1. The smallest absolute Gasteiger partial charge is 0.277 e. The number of aromatic nitrogens is 1. The van der Waals surface area contributed by atoms with E-state index in [1.54, 1.807) is 6.21 Å². The molecule has 0 aliphatic heterocycles. The molecule has 144 valence electrons. The van der Waals surface area contributed by atoms with Crippen LogP contribution >= 0.6 is 15.9 Å². The van der Waals surface area contributed by atoms with Gasteiger partial charge in [0.05, 0.1) is 10.7 Å². The highest BCUT2D eigenvalue weighted by atomic mass is 79.9. The number of H-pyrrole nitrogens is 1. The van der Waals surface area contributed by atoms with Crippen LogP contribution in [0.3, 0.4) is 0 Å². The number of benzene rings is 3. The zero-order valence-corrected chi connectivity index (χ0v) is 17.0. The molecule has 1 heterocycles. The lowest BCUT2D eigenvalue weighted by molar-refractivity contribution is -0.123. The van der Waals surface area contributed by atoms with Gasteiger partial charge in [-0.1, -0.05) is 54.6 Å². The monoisotopic (exact) mass is 447 g/mol. The highest BCUT2D eigenvalue weighted by Gasteiger charge is 2.07. The van der Waals surface area contributed by atoms with E-state index < -0.39 is 0 Å². The minimum Gasteiger partial charge on any atom is -0.483 e. The molecule has 0 spiro atoms. The molecule has 0 aliphatic rings. The van der Waals surface area contributed by atoms with E-state index in [0.29, 0.717) is 5.75 Å². The van der Waals surface area contributed by atoms with Crippen LogP contribution < -0.4 is 10.2 Å². The molecule has 0 fully saturated rings. The Labute approximate surface area is 176 Å². The van der Waals surface area contributed by atoms with Crippen LogP contribution in [0.2, 0.25) is 0 Å². The predicted molar refractivity (Wildman–Crippen MR) is 119 cm³/mol. The molecule has 2 N–H and O–H groups in total. The number of nitrogens with zero attached hydrogens (tertiary/aromatic N) is 1. The molecule has 0 bridgehead atoms. The van der Waals surface area contributed by atoms with Crippen LogP contribution in [0.25, 0.3) is 22.0 Å². The summed E-state index contributed by atoms with van der Waals surface area (Å²) >= 11 is 3.51. The number of aromatic amines is 1. The number of carbonyl (C=O) groups is 1. The molecule has 0 saturated heterocycles. The molecule has 4 aromatic rings. The van der Waals surface area contributed by atoms with Crippen molar-refractivity contribution in [3.63, 3.8) is 0 Å². The fourth-order valence-electron chi connectivity index (χ4n) is 2.98. The van der Waals surface area contributed by atoms with Gasteiger partial charge in [0, 0.05) is 22.7 Å². The van der Waals surface area contributed by atoms with Crippen molar-refractivity contribution in [2.24, 2.45) is 5.10 Å². The third-order valence-corrected chi connectivity index (χ3v) is 5.03. The summed E-state index contributed by atoms with van der Waals surface area (Å²) in [4.78, 5) is 15.2. The quantitative estimate of drug-likeness (QED) is 0.317. The van der Waals surface area contributed by atoms with E-state index in [-0.39, 0.29) is 12.5 Å². The van der Waals surface area contributed by atoms with Gasteiger partial charge in [-0.15, -0.1) is 0 Å². The fraction of sp³-hybridized carbons (Fsp3) is 0.0435. The zero-order valence-electron chi connectivity index (χ0n) is 15.4. The van der Waals surface area contributed by atoms with Gasteiger partial charge in [0.2, 0.25) is 0 Å². The van der Waals surface area contributed by atoms with Crippen LogP contribution in [0.4, 0.5) is 0 Å². The Morgan fingerprint density at radius 3 is 2.66 bits per heavy atom. The molecule has 0 atom stereocenters. The van der Waals surface area contributed by atoms with Gasteiger partial charge < -0.3 is 9.72 Å². The van der Waals surface area contributed by atoms with Crippen LogP contribution in [-0.2, 0) is 4.79 Å². The Kier molecular flexibility index (Phi) is 5.72. The molecular weight excluding hydrogens is 430 g/mol. The Balaban J connectivity index is 1.34. The van der Waals surface area contributed by atoms with Crippen molar-refractivity contribution in [1.82, 2.24) is 10.4 Å². The van der Waals surface area contributed by atoms with Crippen molar-refractivity contribution in [3.8, 4) is 16.9 Å². The number of para-hydroxylation sites is 1. The maximum absolute atomic E-state index is 12.0. The fourth-order valence-corrected chi connectivity index (χ4v) is 3.47. The largest absolute Gasteiger partial charge is 0.483 e. The molecular formula is C23H18BrN3O2. The van der Waals surface area contributed by atoms with Gasteiger partial charge >= 0.3 is 0 Å². The summed E-state index contributed by atoms with van der Waals surface area (Å²) in [7, 11) is 0. The van der Waals surface area contributed by atoms with Crippen molar-refractivity contribution >= 4 is 39.0 Å². The first-order chi connectivity index (χ1) is 14.2. The second-order valence-corrected chi connectivity index (χ2v) is 7.24. The summed E-state index contributed by atoms with van der Waals surface area (Å²) in [6.45, 7) is -0.130. The molecule has 0 radical (unpaired) electrons. The van der Waals surface area contributed by atoms with Gasteiger partial charge in [-0.25, -0.2) is 5.43 Å². The molecule has 0 aliphatic carbocycles. The van der Waals surface area contributed by atoms with Gasteiger partial charge in [-0.3, -0.25) is 4.79 Å². The van der Waals surface area contributed by atoms with Gasteiger partial charge in [0.15, 0.2) is 6.61 Å². The zero-order chi connectivity index (χ0) is 20.1. The molecule has 5 nitrogen and oxygen atoms in total. The maximum atomic E-state index is 12.0. The predicted octanol–water partition coefficient (Wildman–Crippen LogP) is 5.13. The summed E-state index contributed by atoms with van der Waals surface area (Å²) in [6.07, 6.45) is 3.46. The molecule has 3 aromatic carbocycles. The third-order valence-electron chi connectivity index (χ3n) is 4.41.